The third kappa shape index (κ3) is 3.19. The third-order valence-electron chi connectivity index (χ3n) is 3.40. The molecule has 1 fully saturated rings. The zero-order chi connectivity index (χ0) is 13.0. The van der Waals surface area contributed by atoms with Crippen LogP contribution in [-0.4, -0.2) is 36.8 Å². The first-order chi connectivity index (χ1) is 8.70. The summed E-state index contributed by atoms with van der Waals surface area (Å²) < 4.78 is 5.44. The molecule has 1 unspecified atom stereocenters. The van der Waals surface area contributed by atoms with Crippen molar-refractivity contribution in [1.29, 1.82) is 0 Å². The van der Waals surface area contributed by atoms with Crippen molar-refractivity contribution >= 4 is 5.82 Å². The molecule has 4 heteroatoms. The number of hydrogen-bond donors (Lipinski definition) is 0. The topological polar surface area (TPSA) is 38.2 Å². The Morgan fingerprint density at radius 1 is 1.50 bits per heavy atom. The SMILES string of the molecule is CCCc1cnc(C)nc1N(C)CC1CCOC1. The second kappa shape index (κ2) is 6.14. The van der Waals surface area contributed by atoms with Crippen molar-refractivity contribution in [1.82, 2.24) is 9.97 Å². The Hall–Kier alpha value is -1.16. The number of anilines is 1. The van der Waals surface area contributed by atoms with Gasteiger partial charge in [-0.3, -0.25) is 0 Å². The van der Waals surface area contributed by atoms with Gasteiger partial charge >= 0.3 is 0 Å². The molecule has 1 atom stereocenters. The van der Waals surface area contributed by atoms with Crippen LogP contribution in [0.5, 0.6) is 0 Å². The Morgan fingerprint density at radius 2 is 2.33 bits per heavy atom. The van der Waals surface area contributed by atoms with Gasteiger partial charge in [0.05, 0.1) is 6.61 Å². The molecule has 2 rings (SSSR count). The maximum atomic E-state index is 5.44. The molecule has 1 aliphatic heterocycles. The van der Waals surface area contributed by atoms with E-state index in [4.69, 9.17) is 4.74 Å². The van der Waals surface area contributed by atoms with Crippen LogP contribution in [0.25, 0.3) is 0 Å². The number of aryl methyl sites for hydroxylation is 2. The molecule has 1 aromatic rings. The second-order valence-electron chi connectivity index (χ2n) is 5.13. The third-order valence-corrected chi connectivity index (χ3v) is 3.40. The van der Waals surface area contributed by atoms with Crippen LogP contribution >= 0.6 is 0 Å². The summed E-state index contributed by atoms with van der Waals surface area (Å²) in [6.45, 7) is 6.95. The van der Waals surface area contributed by atoms with Gasteiger partial charge in [-0.05, 0) is 19.8 Å². The molecule has 1 aliphatic rings. The number of hydrogen-bond acceptors (Lipinski definition) is 4. The molecule has 1 aromatic heterocycles. The molecule has 0 bridgehead atoms. The minimum Gasteiger partial charge on any atom is -0.381 e. The largest absolute Gasteiger partial charge is 0.381 e. The van der Waals surface area contributed by atoms with Gasteiger partial charge in [0.1, 0.15) is 11.6 Å². The van der Waals surface area contributed by atoms with E-state index in [-0.39, 0.29) is 0 Å². The van der Waals surface area contributed by atoms with Gasteiger partial charge in [-0.25, -0.2) is 9.97 Å². The zero-order valence-corrected chi connectivity index (χ0v) is 11.6. The molecule has 2 heterocycles. The van der Waals surface area contributed by atoms with Crippen molar-refractivity contribution in [3.05, 3.63) is 17.6 Å². The average molecular weight is 249 g/mol. The van der Waals surface area contributed by atoms with E-state index in [9.17, 15) is 0 Å². The standard InChI is InChI=1S/C14H23N3O/c1-4-5-13-8-15-11(2)16-14(13)17(3)9-12-6-7-18-10-12/h8,12H,4-7,9-10H2,1-3H3. The molecule has 1 saturated heterocycles. The van der Waals surface area contributed by atoms with Crippen molar-refractivity contribution in [2.75, 3.05) is 31.7 Å². The van der Waals surface area contributed by atoms with Crippen LogP contribution in [0, 0.1) is 12.8 Å². The Kier molecular flexibility index (Phi) is 4.53. The second-order valence-corrected chi connectivity index (χ2v) is 5.13. The summed E-state index contributed by atoms with van der Waals surface area (Å²) in [4.78, 5) is 11.2. The lowest BCUT2D eigenvalue weighted by molar-refractivity contribution is 0.186. The Labute approximate surface area is 109 Å². The molecule has 0 radical (unpaired) electrons. The summed E-state index contributed by atoms with van der Waals surface area (Å²) in [6, 6.07) is 0. The molecule has 0 aromatic carbocycles. The predicted octanol–water partition coefficient (Wildman–Crippen LogP) is 2.21. The molecular weight excluding hydrogens is 226 g/mol. The van der Waals surface area contributed by atoms with E-state index >= 15 is 0 Å². The van der Waals surface area contributed by atoms with Gasteiger partial charge in [0.25, 0.3) is 0 Å². The van der Waals surface area contributed by atoms with Crippen LogP contribution in [0.2, 0.25) is 0 Å². The van der Waals surface area contributed by atoms with Gasteiger partial charge in [0.15, 0.2) is 0 Å². The molecule has 18 heavy (non-hydrogen) atoms. The molecular formula is C14H23N3O. The van der Waals surface area contributed by atoms with Crippen LogP contribution in [0.4, 0.5) is 5.82 Å². The Balaban J connectivity index is 2.11. The van der Waals surface area contributed by atoms with Crippen molar-refractivity contribution < 1.29 is 4.74 Å². The molecule has 0 spiro atoms. The minimum absolute atomic E-state index is 0.639. The number of aromatic nitrogens is 2. The molecule has 0 saturated carbocycles. The first-order valence-corrected chi connectivity index (χ1v) is 6.82. The van der Waals surface area contributed by atoms with E-state index in [0.29, 0.717) is 5.92 Å². The molecule has 0 N–H and O–H groups in total. The summed E-state index contributed by atoms with van der Waals surface area (Å²) in [5.41, 5.74) is 1.25. The summed E-state index contributed by atoms with van der Waals surface area (Å²) >= 11 is 0. The smallest absolute Gasteiger partial charge is 0.135 e. The van der Waals surface area contributed by atoms with Crippen LogP contribution < -0.4 is 4.90 Å². The first kappa shape index (κ1) is 13.3. The maximum Gasteiger partial charge on any atom is 0.135 e. The highest BCUT2D eigenvalue weighted by molar-refractivity contribution is 5.45. The fraction of sp³-hybridized carbons (Fsp3) is 0.714. The monoisotopic (exact) mass is 249 g/mol. The van der Waals surface area contributed by atoms with Crippen molar-refractivity contribution in [2.24, 2.45) is 5.92 Å². The number of nitrogens with zero attached hydrogens (tertiary/aromatic N) is 3. The van der Waals surface area contributed by atoms with Crippen molar-refractivity contribution in [2.45, 2.75) is 33.1 Å². The normalized spacial score (nSPS) is 19.2. The van der Waals surface area contributed by atoms with Gasteiger partial charge in [-0.1, -0.05) is 13.3 Å². The Morgan fingerprint density at radius 3 is 3.00 bits per heavy atom. The lowest BCUT2D eigenvalue weighted by Crippen LogP contribution is -2.27. The van der Waals surface area contributed by atoms with E-state index in [1.807, 2.05) is 13.1 Å². The van der Waals surface area contributed by atoms with Gasteiger partial charge in [-0.2, -0.15) is 0 Å². The van der Waals surface area contributed by atoms with E-state index in [1.54, 1.807) is 0 Å². The van der Waals surface area contributed by atoms with E-state index in [0.717, 1.165) is 50.7 Å². The van der Waals surface area contributed by atoms with Gasteiger partial charge in [0, 0.05) is 37.9 Å². The summed E-state index contributed by atoms with van der Waals surface area (Å²) in [6.07, 6.45) is 5.31. The summed E-state index contributed by atoms with van der Waals surface area (Å²) in [5.74, 6) is 2.58. The van der Waals surface area contributed by atoms with Crippen LogP contribution in [0.15, 0.2) is 6.20 Å². The lowest BCUT2D eigenvalue weighted by Gasteiger charge is -2.23. The molecule has 0 amide bonds. The van der Waals surface area contributed by atoms with Gasteiger partial charge in [0.2, 0.25) is 0 Å². The Bertz CT molecular complexity index is 389. The van der Waals surface area contributed by atoms with Crippen LogP contribution in [0.1, 0.15) is 31.2 Å². The number of rotatable bonds is 5. The van der Waals surface area contributed by atoms with Crippen molar-refractivity contribution in [3.8, 4) is 0 Å². The minimum atomic E-state index is 0.639. The highest BCUT2D eigenvalue weighted by Gasteiger charge is 2.19. The van der Waals surface area contributed by atoms with Gasteiger partial charge in [-0.15, -0.1) is 0 Å². The highest BCUT2D eigenvalue weighted by Crippen LogP contribution is 2.21. The van der Waals surface area contributed by atoms with E-state index in [1.165, 1.54) is 5.56 Å². The number of ether oxygens (including phenoxy) is 1. The highest BCUT2D eigenvalue weighted by atomic mass is 16.5. The van der Waals surface area contributed by atoms with Crippen LogP contribution in [0.3, 0.4) is 0 Å². The van der Waals surface area contributed by atoms with Crippen molar-refractivity contribution in [3.63, 3.8) is 0 Å². The predicted molar refractivity (Wildman–Crippen MR) is 73.0 cm³/mol. The lowest BCUT2D eigenvalue weighted by atomic mass is 10.1. The summed E-state index contributed by atoms with van der Waals surface area (Å²) in [5, 5.41) is 0. The van der Waals surface area contributed by atoms with E-state index in [2.05, 4.69) is 28.8 Å². The quantitative estimate of drug-likeness (QED) is 0.802. The average Bonchev–Trinajstić information content (AvgIpc) is 2.84. The first-order valence-electron chi connectivity index (χ1n) is 6.82. The van der Waals surface area contributed by atoms with E-state index < -0.39 is 0 Å². The summed E-state index contributed by atoms with van der Waals surface area (Å²) in [7, 11) is 2.12. The maximum absolute atomic E-state index is 5.44. The van der Waals surface area contributed by atoms with Gasteiger partial charge < -0.3 is 9.64 Å². The molecule has 4 nitrogen and oxygen atoms in total. The fourth-order valence-electron chi connectivity index (χ4n) is 2.46. The zero-order valence-electron chi connectivity index (χ0n) is 11.6. The van der Waals surface area contributed by atoms with Crippen LogP contribution in [-0.2, 0) is 11.2 Å². The molecule has 0 aliphatic carbocycles. The fourth-order valence-corrected chi connectivity index (χ4v) is 2.46. The molecule has 100 valence electrons.